The molecular formula is C17H27N7O7S. The first-order valence-corrected chi connectivity index (χ1v) is 10.0. The number of nitrogens with two attached hydrogens (primary N) is 2. The molecule has 0 fully saturated rings. The first-order valence-electron chi connectivity index (χ1n) is 9.40. The van der Waals surface area contributed by atoms with E-state index >= 15 is 0 Å². The summed E-state index contributed by atoms with van der Waals surface area (Å²) in [7, 11) is 0. The van der Waals surface area contributed by atoms with Crippen LogP contribution in [0, 0.1) is 0 Å². The van der Waals surface area contributed by atoms with Gasteiger partial charge in [-0.3, -0.25) is 19.2 Å². The average molecular weight is 474 g/mol. The summed E-state index contributed by atoms with van der Waals surface area (Å²) in [5.41, 5.74) is 11.1. The van der Waals surface area contributed by atoms with E-state index in [-0.39, 0.29) is 12.2 Å². The lowest BCUT2D eigenvalue weighted by atomic mass is 10.1. The number of carboxylic acid groups (broad SMARTS) is 1. The minimum atomic E-state index is -1.54. The number of amides is 4. The van der Waals surface area contributed by atoms with Crippen LogP contribution in [0.2, 0.25) is 0 Å². The highest BCUT2D eigenvalue weighted by Gasteiger charge is 2.32. The minimum absolute atomic E-state index is 0.0938. The van der Waals surface area contributed by atoms with Crippen molar-refractivity contribution in [3.63, 3.8) is 0 Å². The van der Waals surface area contributed by atoms with Crippen LogP contribution in [-0.2, 0) is 30.4 Å². The fourth-order valence-corrected chi connectivity index (χ4v) is 2.77. The Morgan fingerprint density at radius 3 is 2.22 bits per heavy atom. The summed E-state index contributed by atoms with van der Waals surface area (Å²) in [6, 6.07) is -5.48. The lowest BCUT2D eigenvalue weighted by Gasteiger charge is -2.26. The molecule has 32 heavy (non-hydrogen) atoms. The lowest BCUT2D eigenvalue weighted by Crippen LogP contribution is -2.60. The molecule has 0 spiro atoms. The molecule has 15 heteroatoms. The molecule has 0 aliphatic rings. The summed E-state index contributed by atoms with van der Waals surface area (Å²) in [4.78, 5) is 66.2. The third-order valence-corrected chi connectivity index (χ3v) is 4.59. The van der Waals surface area contributed by atoms with E-state index in [9.17, 15) is 29.1 Å². The first-order chi connectivity index (χ1) is 15.0. The number of imidazole rings is 1. The third-order valence-electron chi connectivity index (χ3n) is 4.23. The number of hydrogen-bond donors (Lipinski definition) is 9. The third kappa shape index (κ3) is 8.52. The molecule has 1 aromatic heterocycles. The Balaban J connectivity index is 2.99. The van der Waals surface area contributed by atoms with Crippen LogP contribution in [0.5, 0.6) is 0 Å². The zero-order valence-electron chi connectivity index (χ0n) is 17.1. The fraction of sp³-hybridized carbons (Fsp3) is 0.529. The molecule has 0 aliphatic carbocycles. The van der Waals surface area contributed by atoms with Gasteiger partial charge in [-0.2, -0.15) is 12.6 Å². The van der Waals surface area contributed by atoms with Gasteiger partial charge in [0.2, 0.25) is 23.6 Å². The maximum absolute atomic E-state index is 12.8. The molecule has 10 N–H and O–H groups in total. The maximum atomic E-state index is 12.8. The number of hydrogen-bond acceptors (Lipinski definition) is 9. The van der Waals surface area contributed by atoms with Crippen molar-refractivity contribution in [2.45, 2.75) is 50.0 Å². The highest BCUT2D eigenvalue weighted by atomic mass is 32.1. The molecule has 14 nitrogen and oxygen atoms in total. The van der Waals surface area contributed by atoms with Gasteiger partial charge in [-0.15, -0.1) is 0 Å². The van der Waals surface area contributed by atoms with Crippen LogP contribution in [0.15, 0.2) is 12.5 Å². The first kappa shape index (κ1) is 26.9. The summed E-state index contributed by atoms with van der Waals surface area (Å²) >= 11 is 3.83. The van der Waals surface area contributed by atoms with Gasteiger partial charge in [0.05, 0.1) is 24.9 Å². The van der Waals surface area contributed by atoms with Crippen molar-refractivity contribution in [3.8, 4) is 0 Å². The summed E-state index contributed by atoms with van der Waals surface area (Å²) in [6.07, 6.45) is 0.792. The Morgan fingerprint density at radius 1 is 1.12 bits per heavy atom. The molecule has 0 aromatic carbocycles. The number of aliphatic hydroxyl groups is 1. The molecule has 0 saturated heterocycles. The van der Waals surface area contributed by atoms with Gasteiger partial charge in [0.15, 0.2) is 0 Å². The highest BCUT2D eigenvalue weighted by Crippen LogP contribution is 2.03. The number of rotatable bonds is 13. The number of carbonyl (C=O) groups excluding carboxylic acids is 4. The molecule has 1 aromatic rings. The van der Waals surface area contributed by atoms with E-state index in [1.165, 1.54) is 19.4 Å². The Hall–Kier alpha value is -3.17. The second-order valence-corrected chi connectivity index (χ2v) is 7.29. The summed E-state index contributed by atoms with van der Waals surface area (Å²) in [5.74, 6) is -5.08. The van der Waals surface area contributed by atoms with E-state index in [1.54, 1.807) is 0 Å². The van der Waals surface area contributed by atoms with Crippen LogP contribution in [0.3, 0.4) is 0 Å². The van der Waals surface area contributed by atoms with Crippen LogP contribution in [-0.4, -0.2) is 85.8 Å². The Labute approximate surface area is 188 Å². The van der Waals surface area contributed by atoms with E-state index in [0.717, 1.165) is 0 Å². The molecule has 0 saturated carbocycles. The zero-order valence-corrected chi connectivity index (χ0v) is 18.0. The highest BCUT2D eigenvalue weighted by molar-refractivity contribution is 7.80. The number of primary amides is 1. The van der Waals surface area contributed by atoms with Gasteiger partial charge in [0, 0.05) is 24.1 Å². The molecule has 0 bridgehead atoms. The quantitative estimate of drug-likeness (QED) is 0.127. The largest absolute Gasteiger partial charge is 0.480 e. The minimum Gasteiger partial charge on any atom is -0.480 e. The standard InChI is InChI=1S/C17H27N7O7S/c1-7(25)13(16(29)23-11(5-32)17(30)31)24-15(28)10(2-8-4-20-6-21-8)22-14(27)9(18)3-12(19)26/h4,6-7,9-11,13,25,32H,2-3,5,18H2,1H3,(H2,19,26)(H,20,21)(H,22,27)(H,23,29)(H,24,28)(H,30,31). The van der Waals surface area contributed by atoms with E-state index in [1.807, 2.05) is 0 Å². The van der Waals surface area contributed by atoms with E-state index in [2.05, 4.69) is 38.5 Å². The molecule has 0 radical (unpaired) electrons. The monoisotopic (exact) mass is 473 g/mol. The number of aliphatic hydroxyl groups excluding tert-OH is 1. The Kier molecular flexibility index (Phi) is 10.6. The predicted molar refractivity (Wildman–Crippen MR) is 113 cm³/mol. The van der Waals surface area contributed by atoms with Crippen molar-refractivity contribution in [2.24, 2.45) is 11.5 Å². The van der Waals surface area contributed by atoms with E-state index < -0.39 is 66.3 Å². The number of aromatic nitrogens is 2. The summed E-state index contributed by atoms with van der Waals surface area (Å²) in [6.45, 7) is 1.21. The number of aromatic amines is 1. The normalized spacial score (nSPS) is 15.5. The van der Waals surface area contributed by atoms with Crippen molar-refractivity contribution in [1.82, 2.24) is 25.9 Å². The molecule has 1 rings (SSSR count). The van der Waals surface area contributed by atoms with Crippen molar-refractivity contribution in [3.05, 3.63) is 18.2 Å². The fourth-order valence-electron chi connectivity index (χ4n) is 2.52. The van der Waals surface area contributed by atoms with E-state index in [4.69, 9.17) is 16.6 Å². The molecule has 5 unspecified atom stereocenters. The number of carboxylic acids is 1. The molecule has 178 valence electrons. The molecule has 1 heterocycles. The van der Waals surface area contributed by atoms with Gasteiger partial charge >= 0.3 is 5.97 Å². The van der Waals surface area contributed by atoms with Crippen LogP contribution in [0.25, 0.3) is 0 Å². The van der Waals surface area contributed by atoms with Gasteiger partial charge in [0.1, 0.15) is 18.1 Å². The average Bonchev–Trinajstić information content (AvgIpc) is 3.21. The van der Waals surface area contributed by atoms with Crippen molar-refractivity contribution in [1.29, 1.82) is 0 Å². The van der Waals surface area contributed by atoms with Crippen LogP contribution < -0.4 is 27.4 Å². The van der Waals surface area contributed by atoms with E-state index in [0.29, 0.717) is 5.69 Å². The smallest absolute Gasteiger partial charge is 0.327 e. The van der Waals surface area contributed by atoms with Crippen molar-refractivity contribution >= 4 is 42.2 Å². The van der Waals surface area contributed by atoms with Crippen LogP contribution in [0.4, 0.5) is 0 Å². The summed E-state index contributed by atoms with van der Waals surface area (Å²) in [5, 5.41) is 25.8. The van der Waals surface area contributed by atoms with Crippen LogP contribution in [0.1, 0.15) is 19.0 Å². The second-order valence-electron chi connectivity index (χ2n) is 6.93. The van der Waals surface area contributed by atoms with Gasteiger partial charge in [-0.1, -0.05) is 0 Å². The SMILES string of the molecule is CC(O)C(NC(=O)C(Cc1cnc[nH]1)NC(=O)C(N)CC(N)=O)C(=O)NC(CS)C(=O)O. The molecule has 5 atom stereocenters. The second kappa shape index (κ2) is 12.6. The van der Waals surface area contributed by atoms with Gasteiger partial charge in [-0.05, 0) is 6.92 Å². The molecular weight excluding hydrogens is 446 g/mol. The number of thiol groups is 1. The maximum Gasteiger partial charge on any atom is 0.327 e. The van der Waals surface area contributed by atoms with Gasteiger partial charge in [-0.25, -0.2) is 9.78 Å². The number of nitrogens with zero attached hydrogens (tertiary/aromatic N) is 1. The zero-order chi connectivity index (χ0) is 24.4. The number of carbonyl (C=O) groups is 5. The number of nitrogens with one attached hydrogen (secondary N) is 4. The van der Waals surface area contributed by atoms with Crippen molar-refractivity contribution < 1.29 is 34.2 Å². The van der Waals surface area contributed by atoms with Gasteiger partial charge < -0.3 is 42.6 Å². The molecule has 0 aliphatic heterocycles. The Bertz CT molecular complexity index is 818. The molecule has 4 amide bonds. The van der Waals surface area contributed by atoms with Crippen LogP contribution >= 0.6 is 12.6 Å². The number of H-pyrrole nitrogens is 1. The topological polar surface area (TPSA) is 243 Å². The number of aliphatic carboxylic acids is 1. The lowest BCUT2D eigenvalue weighted by molar-refractivity contribution is -0.142. The summed E-state index contributed by atoms with van der Waals surface area (Å²) < 4.78 is 0. The van der Waals surface area contributed by atoms with Crippen molar-refractivity contribution in [2.75, 3.05) is 5.75 Å². The predicted octanol–water partition coefficient (Wildman–Crippen LogP) is -4.00. The van der Waals surface area contributed by atoms with Gasteiger partial charge in [0.25, 0.3) is 0 Å². The Morgan fingerprint density at radius 2 is 1.75 bits per heavy atom.